The van der Waals surface area contributed by atoms with Gasteiger partial charge in [-0.1, -0.05) is 30.3 Å². The van der Waals surface area contributed by atoms with Gasteiger partial charge in [0.05, 0.1) is 16.3 Å². The topological polar surface area (TPSA) is 37.5 Å². The lowest BCUT2D eigenvalue weighted by molar-refractivity contribution is 0.441. The number of aromatic nitrogens is 1. The van der Waals surface area contributed by atoms with Crippen molar-refractivity contribution in [3.05, 3.63) is 68.0 Å². The van der Waals surface area contributed by atoms with E-state index in [4.69, 9.17) is 12.2 Å². The Labute approximate surface area is 155 Å². The Balaban J connectivity index is 1.85. The molecule has 0 bridgehead atoms. The standard InChI is InChI=1S/C20H16N2OS2/c1-12-7-8-13(2)17(9-12)22-19(23)18(25-20(22)24)10-14-11-21-16-6-4-3-5-15(14)16/h3-11,23H,1-2H3. The molecule has 0 unspecified atom stereocenters. The molecule has 1 N–H and O–H groups in total. The van der Waals surface area contributed by atoms with Gasteiger partial charge in [0.1, 0.15) is 0 Å². The molecule has 3 nitrogen and oxygen atoms in total. The normalized spacial score (nSPS) is 14.2. The zero-order valence-corrected chi connectivity index (χ0v) is 15.5. The van der Waals surface area contributed by atoms with Gasteiger partial charge in [-0.25, -0.2) is 0 Å². The molecule has 1 aliphatic heterocycles. The number of allylic oxidation sites excluding steroid dienone is 1. The summed E-state index contributed by atoms with van der Waals surface area (Å²) in [6.07, 6.45) is 3.78. The molecule has 0 atom stereocenters. The van der Waals surface area contributed by atoms with Crippen LogP contribution in [0, 0.1) is 17.8 Å². The SMILES string of the molecule is Cc1ccc(C)c(-n2c(O)c(C=C3C=Nc4ccccc43)sc2=S)c1. The predicted molar refractivity (Wildman–Crippen MR) is 108 cm³/mol. The van der Waals surface area contributed by atoms with Gasteiger partial charge in [0.25, 0.3) is 0 Å². The first-order valence-electron chi connectivity index (χ1n) is 7.92. The van der Waals surface area contributed by atoms with Crippen LogP contribution >= 0.6 is 23.6 Å². The fourth-order valence-corrected chi connectivity index (χ4v) is 4.23. The molecule has 0 fully saturated rings. The molecule has 0 spiro atoms. The number of fused-ring (bicyclic) bond motifs is 1. The third kappa shape index (κ3) is 2.75. The number of para-hydroxylation sites is 1. The molecule has 0 saturated heterocycles. The second-order valence-corrected chi connectivity index (χ2v) is 7.73. The summed E-state index contributed by atoms with van der Waals surface area (Å²) in [6.45, 7) is 4.05. The van der Waals surface area contributed by atoms with E-state index in [1.54, 1.807) is 4.57 Å². The minimum Gasteiger partial charge on any atom is -0.493 e. The Kier molecular flexibility index (Phi) is 3.90. The van der Waals surface area contributed by atoms with Gasteiger partial charge in [-0.15, -0.1) is 11.3 Å². The van der Waals surface area contributed by atoms with E-state index >= 15 is 0 Å². The maximum Gasteiger partial charge on any atom is 0.215 e. The highest BCUT2D eigenvalue weighted by molar-refractivity contribution is 7.73. The Morgan fingerprint density at radius 2 is 1.96 bits per heavy atom. The van der Waals surface area contributed by atoms with Gasteiger partial charge >= 0.3 is 0 Å². The van der Waals surface area contributed by atoms with E-state index in [2.05, 4.69) is 11.1 Å². The number of rotatable bonds is 2. The number of aliphatic imine (C=N–C) groups is 1. The van der Waals surface area contributed by atoms with Crippen molar-refractivity contribution in [1.29, 1.82) is 0 Å². The maximum absolute atomic E-state index is 10.8. The first-order chi connectivity index (χ1) is 12.0. The van der Waals surface area contributed by atoms with Crippen molar-refractivity contribution in [2.75, 3.05) is 0 Å². The average molecular weight is 364 g/mol. The smallest absolute Gasteiger partial charge is 0.215 e. The zero-order chi connectivity index (χ0) is 17.6. The second kappa shape index (κ2) is 6.10. The lowest BCUT2D eigenvalue weighted by Crippen LogP contribution is -1.97. The van der Waals surface area contributed by atoms with Gasteiger partial charge in [0.2, 0.25) is 5.88 Å². The predicted octanol–water partition coefficient (Wildman–Crippen LogP) is 5.85. The van der Waals surface area contributed by atoms with Crippen molar-refractivity contribution < 1.29 is 5.11 Å². The number of hydrogen-bond donors (Lipinski definition) is 1. The molecule has 2 heterocycles. The zero-order valence-electron chi connectivity index (χ0n) is 13.9. The van der Waals surface area contributed by atoms with Crippen LogP contribution in [0.5, 0.6) is 5.88 Å². The van der Waals surface area contributed by atoms with Crippen LogP contribution in [0.15, 0.2) is 47.5 Å². The largest absolute Gasteiger partial charge is 0.493 e. The minimum atomic E-state index is 0.175. The number of hydrogen-bond acceptors (Lipinski definition) is 4. The van der Waals surface area contributed by atoms with Gasteiger partial charge in [0.15, 0.2) is 3.95 Å². The molecule has 1 aromatic heterocycles. The summed E-state index contributed by atoms with van der Waals surface area (Å²) in [5.41, 5.74) is 6.12. The van der Waals surface area contributed by atoms with E-state index in [0.717, 1.165) is 38.5 Å². The van der Waals surface area contributed by atoms with Crippen molar-refractivity contribution in [3.63, 3.8) is 0 Å². The molecule has 1 aliphatic rings. The van der Waals surface area contributed by atoms with Crippen LogP contribution in [0.4, 0.5) is 5.69 Å². The summed E-state index contributed by atoms with van der Waals surface area (Å²) in [6, 6.07) is 14.1. The van der Waals surface area contributed by atoms with Crippen LogP contribution in [-0.2, 0) is 0 Å². The van der Waals surface area contributed by atoms with Crippen LogP contribution in [0.25, 0.3) is 17.3 Å². The Morgan fingerprint density at radius 1 is 1.16 bits per heavy atom. The Hall–Kier alpha value is -2.50. The first-order valence-corrected chi connectivity index (χ1v) is 9.14. The average Bonchev–Trinajstić information content (AvgIpc) is 3.12. The van der Waals surface area contributed by atoms with E-state index in [0.29, 0.717) is 3.95 Å². The lowest BCUT2D eigenvalue weighted by Gasteiger charge is -2.09. The number of aryl methyl sites for hydroxylation is 2. The molecular formula is C20H16N2OS2. The van der Waals surface area contributed by atoms with Crippen molar-refractivity contribution in [1.82, 2.24) is 4.57 Å². The number of benzene rings is 2. The number of aromatic hydroxyl groups is 1. The van der Waals surface area contributed by atoms with Crippen LogP contribution in [-0.4, -0.2) is 15.9 Å². The summed E-state index contributed by atoms with van der Waals surface area (Å²) >= 11 is 6.92. The van der Waals surface area contributed by atoms with Crippen molar-refractivity contribution in [2.24, 2.45) is 4.99 Å². The highest BCUT2D eigenvalue weighted by atomic mass is 32.1. The number of thiazole rings is 1. The molecule has 5 heteroatoms. The van der Waals surface area contributed by atoms with Crippen LogP contribution in [0.3, 0.4) is 0 Å². The van der Waals surface area contributed by atoms with Crippen molar-refractivity contribution in [2.45, 2.75) is 13.8 Å². The van der Waals surface area contributed by atoms with Gasteiger partial charge in [-0.2, -0.15) is 0 Å². The minimum absolute atomic E-state index is 0.175. The third-order valence-electron chi connectivity index (χ3n) is 4.26. The van der Waals surface area contributed by atoms with E-state index in [1.807, 2.05) is 62.5 Å². The van der Waals surface area contributed by atoms with Gasteiger partial charge < -0.3 is 5.11 Å². The molecule has 2 aromatic carbocycles. The number of nitrogens with zero attached hydrogens (tertiary/aromatic N) is 2. The summed E-state index contributed by atoms with van der Waals surface area (Å²) in [7, 11) is 0. The third-order valence-corrected chi connectivity index (χ3v) is 5.57. The molecule has 124 valence electrons. The van der Waals surface area contributed by atoms with E-state index < -0.39 is 0 Å². The quantitative estimate of drug-likeness (QED) is 0.579. The Bertz CT molecular complexity index is 1100. The molecule has 3 aromatic rings. The van der Waals surface area contributed by atoms with Gasteiger partial charge in [-0.3, -0.25) is 9.56 Å². The summed E-state index contributed by atoms with van der Waals surface area (Å²) in [5.74, 6) is 0.175. The second-order valence-electron chi connectivity index (χ2n) is 6.06. The van der Waals surface area contributed by atoms with Gasteiger partial charge in [-0.05, 0) is 55.4 Å². The maximum atomic E-state index is 10.8. The van der Waals surface area contributed by atoms with Gasteiger partial charge in [0, 0.05) is 17.4 Å². The monoisotopic (exact) mass is 364 g/mol. The molecular weight excluding hydrogens is 348 g/mol. The molecule has 0 radical (unpaired) electrons. The molecule has 0 aliphatic carbocycles. The molecule has 4 rings (SSSR count). The van der Waals surface area contributed by atoms with E-state index in [-0.39, 0.29) is 5.88 Å². The molecule has 0 saturated carbocycles. The summed E-state index contributed by atoms with van der Waals surface area (Å²) < 4.78 is 2.37. The van der Waals surface area contributed by atoms with Crippen LogP contribution < -0.4 is 0 Å². The van der Waals surface area contributed by atoms with E-state index in [1.165, 1.54) is 11.3 Å². The fraction of sp³-hybridized carbons (Fsp3) is 0.100. The molecule has 0 amide bonds. The van der Waals surface area contributed by atoms with Crippen LogP contribution in [0.2, 0.25) is 0 Å². The van der Waals surface area contributed by atoms with Crippen molar-refractivity contribution >= 4 is 47.1 Å². The summed E-state index contributed by atoms with van der Waals surface area (Å²) in [5, 5.41) is 10.8. The van der Waals surface area contributed by atoms with E-state index in [9.17, 15) is 5.11 Å². The highest BCUT2D eigenvalue weighted by Gasteiger charge is 2.17. The lowest BCUT2D eigenvalue weighted by atomic mass is 10.1. The highest BCUT2D eigenvalue weighted by Crippen LogP contribution is 2.37. The fourth-order valence-electron chi connectivity index (χ4n) is 2.94. The Morgan fingerprint density at radius 3 is 2.80 bits per heavy atom. The summed E-state index contributed by atoms with van der Waals surface area (Å²) in [4.78, 5) is 5.16. The first kappa shape index (κ1) is 16.0. The van der Waals surface area contributed by atoms with Crippen LogP contribution in [0.1, 0.15) is 21.6 Å². The van der Waals surface area contributed by atoms with Crippen molar-refractivity contribution in [3.8, 4) is 11.6 Å². The molecule has 25 heavy (non-hydrogen) atoms.